The molecule has 24 heavy (non-hydrogen) atoms. The lowest BCUT2D eigenvalue weighted by atomic mass is 9.96. The van der Waals surface area contributed by atoms with Gasteiger partial charge in [-0.05, 0) is 37.1 Å². The SMILES string of the molecule is CC[C@H](NC(=O)NC[C@](C)(O)c1ccccc1Cl)c1ccncc1. The second-order valence-electron chi connectivity index (χ2n) is 5.82. The van der Waals surface area contributed by atoms with Crippen LogP contribution in [0.5, 0.6) is 0 Å². The molecule has 2 atom stereocenters. The average molecular weight is 348 g/mol. The average Bonchev–Trinajstić information content (AvgIpc) is 2.59. The molecule has 0 unspecified atom stereocenters. The zero-order valence-electron chi connectivity index (χ0n) is 13.8. The number of amides is 2. The van der Waals surface area contributed by atoms with Crippen molar-refractivity contribution < 1.29 is 9.90 Å². The summed E-state index contributed by atoms with van der Waals surface area (Å²) in [6.07, 6.45) is 4.14. The van der Waals surface area contributed by atoms with Gasteiger partial charge in [-0.1, -0.05) is 36.7 Å². The van der Waals surface area contributed by atoms with Crippen LogP contribution in [0.25, 0.3) is 0 Å². The molecule has 0 aliphatic rings. The molecule has 1 aromatic heterocycles. The van der Waals surface area contributed by atoms with Crippen molar-refractivity contribution in [1.82, 2.24) is 15.6 Å². The number of nitrogens with one attached hydrogen (secondary N) is 2. The molecule has 5 nitrogen and oxygen atoms in total. The van der Waals surface area contributed by atoms with E-state index in [1.165, 1.54) is 0 Å². The zero-order chi connectivity index (χ0) is 17.6. The first-order chi connectivity index (χ1) is 11.4. The first-order valence-corrected chi connectivity index (χ1v) is 8.23. The van der Waals surface area contributed by atoms with Gasteiger partial charge in [0.25, 0.3) is 0 Å². The van der Waals surface area contributed by atoms with E-state index in [0.29, 0.717) is 10.6 Å². The lowest BCUT2D eigenvalue weighted by Gasteiger charge is -2.26. The molecule has 0 spiro atoms. The van der Waals surface area contributed by atoms with Crippen molar-refractivity contribution in [3.05, 3.63) is 64.9 Å². The molecule has 0 bridgehead atoms. The second-order valence-corrected chi connectivity index (χ2v) is 6.23. The molecule has 0 saturated carbocycles. The molecular weight excluding hydrogens is 326 g/mol. The van der Waals surface area contributed by atoms with Gasteiger partial charge in [0.05, 0.1) is 12.6 Å². The third kappa shape index (κ3) is 4.69. The zero-order valence-corrected chi connectivity index (χ0v) is 14.5. The predicted octanol–water partition coefficient (Wildman–Crippen LogP) is 3.39. The monoisotopic (exact) mass is 347 g/mol. The Morgan fingerprint density at radius 2 is 1.96 bits per heavy atom. The predicted molar refractivity (Wildman–Crippen MR) is 94.8 cm³/mol. The van der Waals surface area contributed by atoms with Crippen molar-refractivity contribution in [2.45, 2.75) is 31.9 Å². The van der Waals surface area contributed by atoms with Crippen LogP contribution in [-0.2, 0) is 5.60 Å². The van der Waals surface area contributed by atoms with Crippen molar-refractivity contribution >= 4 is 17.6 Å². The number of hydrogen-bond acceptors (Lipinski definition) is 3. The highest BCUT2D eigenvalue weighted by Crippen LogP contribution is 2.27. The number of carbonyl (C=O) groups is 1. The topological polar surface area (TPSA) is 74.2 Å². The van der Waals surface area contributed by atoms with E-state index in [-0.39, 0.29) is 18.6 Å². The van der Waals surface area contributed by atoms with Gasteiger partial charge < -0.3 is 15.7 Å². The number of aromatic nitrogens is 1. The Hall–Kier alpha value is -2.11. The fraction of sp³-hybridized carbons (Fsp3) is 0.333. The van der Waals surface area contributed by atoms with Crippen LogP contribution in [-0.4, -0.2) is 22.7 Å². The molecule has 2 amide bonds. The second kappa shape index (κ2) is 8.13. The molecule has 0 aliphatic carbocycles. The Labute approximate surface area is 147 Å². The number of pyridine rings is 1. The van der Waals surface area contributed by atoms with Gasteiger partial charge in [-0.3, -0.25) is 4.98 Å². The van der Waals surface area contributed by atoms with E-state index >= 15 is 0 Å². The molecule has 3 N–H and O–H groups in total. The van der Waals surface area contributed by atoms with E-state index in [4.69, 9.17) is 11.6 Å². The minimum absolute atomic E-state index is 0.0509. The third-order valence-corrected chi connectivity index (χ3v) is 4.20. The lowest BCUT2D eigenvalue weighted by Crippen LogP contribution is -2.44. The smallest absolute Gasteiger partial charge is 0.315 e. The van der Waals surface area contributed by atoms with Crippen LogP contribution in [0.4, 0.5) is 4.79 Å². The lowest BCUT2D eigenvalue weighted by molar-refractivity contribution is 0.0593. The highest BCUT2D eigenvalue weighted by molar-refractivity contribution is 6.31. The Balaban J connectivity index is 1.96. The first kappa shape index (κ1) is 18.2. The molecule has 1 heterocycles. The quantitative estimate of drug-likeness (QED) is 0.749. The minimum atomic E-state index is -1.26. The number of halogens is 1. The number of hydrogen-bond donors (Lipinski definition) is 3. The molecule has 2 aromatic rings. The first-order valence-electron chi connectivity index (χ1n) is 7.85. The maximum absolute atomic E-state index is 12.2. The van der Waals surface area contributed by atoms with Crippen LogP contribution in [0, 0.1) is 0 Å². The highest BCUT2D eigenvalue weighted by atomic mass is 35.5. The van der Waals surface area contributed by atoms with Gasteiger partial charge in [-0.15, -0.1) is 0 Å². The standard InChI is InChI=1S/C18H22ClN3O2/c1-3-16(13-8-10-20-11-9-13)22-17(23)21-12-18(2,24)14-6-4-5-7-15(14)19/h4-11,16,24H,3,12H2,1-2H3,(H2,21,22,23)/t16-,18-/m0/s1. The number of aliphatic hydroxyl groups is 1. The van der Waals surface area contributed by atoms with Gasteiger partial charge in [-0.25, -0.2) is 4.79 Å². The molecule has 128 valence electrons. The highest BCUT2D eigenvalue weighted by Gasteiger charge is 2.26. The summed E-state index contributed by atoms with van der Waals surface area (Å²) >= 11 is 6.12. The number of carbonyl (C=O) groups excluding carboxylic acids is 1. The maximum Gasteiger partial charge on any atom is 0.315 e. The molecule has 0 aliphatic heterocycles. The van der Waals surface area contributed by atoms with Gasteiger partial charge >= 0.3 is 6.03 Å². The number of nitrogens with zero attached hydrogens (tertiary/aromatic N) is 1. The summed E-state index contributed by atoms with van der Waals surface area (Å²) in [5.74, 6) is 0. The van der Waals surface area contributed by atoms with Gasteiger partial charge in [0.1, 0.15) is 5.60 Å². The van der Waals surface area contributed by atoms with Crippen LogP contribution >= 0.6 is 11.6 Å². The third-order valence-electron chi connectivity index (χ3n) is 3.87. The summed E-state index contributed by atoms with van der Waals surface area (Å²) in [7, 11) is 0. The molecule has 6 heteroatoms. The van der Waals surface area contributed by atoms with Gasteiger partial charge in [0.15, 0.2) is 0 Å². The van der Waals surface area contributed by atoms with Crippen LogP contribution in [0.3, 0.4) is 0 Å². The van der Waals surface area contributed by atoms with Crippen molar-refractivity contribution in [2.24, 2.45) is 0 Å². The van der Waals surface area contributed by atoms with Crippen LogP contribution in [0.15, 0.2) is 48.8 Å². The van der Waals surface area contributed by atoms with Crippen LogP contribution < -0.4 is 10.6 Å². The van der Waals surface area contributed by atoms with Gasteiger partial charge in [0.2, 0.25) is 0 Å². The van der Waals surface area contributed by atoms with E-state index in [2.05, 4.69) is 15.6 Å². The summed E-state index contributed by atoms with van der Waals surface area (Å²) in [4.78, 5) is 16.1. The van der Waals surface area contributed by atoms with E-state index in [1.54, 1.807) is 43.6 Å². The summed E-state index contributed by atoms with van der Waals surface area (Å²) < 4.78 is 0. The Bertz CT molecular complexity index is 677. The maximum atomic E-state index is 12.2. The Morgan fingerprint density at radius 1 is 1.29 bits per heavy atom. The number of rotatable bonds is 6. The molecule has 0 fully saturated rings. The van der Waals surface area contributed by atoms with E-state index in [1.807, 2.05) is 19.1 Å². The molecule has 0 radical (unpaired) electrons. The summed E-state index contributed by atoms with van der Waals surface area (Å²) in [5.41, 5.74) is 0.308. The number of benzene rings is 1. The fourth-order valence-electron chi connectivity index (χ4n) is 2.47. The normalized spacial score (nSPS) is 14.5. The van der Waals surface area contributed by atoms with Crippen molar-refractivity contribution in [1.29, 1.82) is 0 Å². The van der Waals surface area contributed by atoms with Gasteiger partial charge in [-0.2, -0.15) is 0 Å². The Morgan fingerprint density at radius 3 is 2.58 bits per heavy atom. The van der Waals surface area contributed by atoms with E-state index in [0.717, 1.165) is 12.0 Å². The van der Waals surface area contributed by atoms with Gasteiger partial charge in [0, 0.05) is 23.0 Å². The molecular formula is C18H22ClN3O2. The van der Waals surface area contributed by atoms with Crippen molar-refractivity contribution in [3.63, 3.8) is 0 Å². The van der Waals surface area contributed by atoms with Crippen molar-refractivity contribution in [2.75, 3.05) is 6.54 Å². The summed E-state index contributed by atoms with van der Waals surface area (Å²) in [6, 6.07) is 10.3. The summed E-state index contributed by atoms with van der Waals surface area (Å²) in [5, 5.41) is 16.7. The fourth-order valence-corrected chi connectivity index (χ4v) is 2.81. The van der Waals surface area contributed by atoms with Crippen LogP contribution in [0.2, 0.25) is 5.02 Å². The number of urea groups is 1. The molecule has 0 saturated heterocycles. The van der Waals surface area contributed by atoms with Crippen LogP contribution in [0.1, 0.15) is 37.4 Å². The minimum Gasteiger partial charge on any atom is -0.384 e. The van der Waals surface area contributed by atoms with E-state index < -0.39 is 5.60 Å². The largest absolute Gasteiger partial charge is 0.384 e. The molecule has 1 aromatic carbocycles. The summed E-state index contributed by atoms with van der Waals surface area (Å²) in [6.45, 7) is 3.66. The van der Waals surface area contributed by atoms with E-state index in [9.17, 15) is 9.90 Å². The van der Waals surface area contributed by atoms with Crippen molar-refractivity contribution in [3.8, 4) is 0 Å². The Kier molecular flexibility index (Phi) is 6.17. The molecule has 2 rings (SSSR count).